The van der Waals surface area contributed by atoms with Crippen molar-refractivity contribution in [3.8, 4) is 5.75 Å². The van der Waals surface area contributed by atoms with Gasteiger partial charge in [-0.1, -0.05) is 12.1 Å². The first kappa shape index (κ1) is 19.0. The van der Waals surface area contributed by atoms with Crippen molar-refractivity contribution in [3.05, 3.63) is 60.0 Å². The fraction of sp³-hybridized carbons (Fsp3) is 0.318. The number of nitrogens with one attached hydrogen (secondary N) is 1. The summed E-state index contributed by atoms with van der Waals surface area (Å²) in [5, 5.41) is 3.40. The number of aromatic nitrogens is 3. The quantitative estimate of drug-likeness (QED) is 0.714. The number of hydrogen-bond acceptors (Lipinski definition) is 7. The van der Waals surface area contributed by atoms with Crippen LogP contribution in [0.1, 0.15) is 11.4 Å². The molecule has 29 heavy (non-hydrogen) atoms. The minimum absolute atomic E-state index is 0.740. The Bertz CT molecular complexity index is 970. The Morgan fingerprint density at radius 1 is 0.897 bits per heavy atom. The minimum Gasteiger partial charge on any atom is -0.495 e. The van der Waals surface area contributed by atoms with Crippen molar-refractivity contribution in [1.29, 1.82) is 0 Å². The predicted molar refractivity (Wildman–Crippen MR) is 116 cm³/mol. The van der Waals surface area contributed by atoms with Gasteiger partial charge in [0.2, 0.25) is 0 Å². The number of pyridine rings is 1. The van der Waals surface area contributed by atoms with E-state index in [9.17, 15) is 0 Å². The number of anilines is 4. The molecule has 0 spiro atoms. The van der Waals surface area contributed by atoms with Crippen LogP contribution in [0.15, 0.2) is 48.7 Å². The van der Waals surface area contributed by atoms with Gasteiger partial charge in [0.15, 0.2) is 0 Å². The zero-order chi connectivity index (χ0) is 20.2. The van der Waals surface area contributed by atoms with Crippen LogP contribution in [-0.4, -0.2) is 48.2 Å². The molecular weight excluding hydrogens is 364 g/mol. The second-order valence-corrected chi connectivity index (χ2v) is 7.15. The van der Waals surface area contributed by atoms with E-state index in [1.807, 2.05) is 43.5 Å². The van der Waals surface area contributed by atoms with Crippen molar-refractivity contribution >= 4 is 23.1 Å². The molecule has 3 heterocycles. The molecule has 1 fully saturated rings. The topological polar surface area (TPSA) is 66.4 Å². The van der Waals surface area contributed by atoms with Crippen LogP contribution in [0.2, 0.25) is 0 Å². The molecular formula is C22H26N6O. The molecule has 2 aromatic heterocycles. The Hall–Kier alpha value is -3.35. The number of nitrogens with zero attached hydrogens (tertiary/aromatic N) is 5. The van der Waals surface area contributed by atoms with Gasteiger partial charge in [0.05, 0.1) is 12.8 Å². The van der Waals surface area contributed by atoms with Gasteiger partial charge < -0.3 is 19.9 Å². The summed E-state index contributed by atoms with van der Waals surface area (Å²) in [7, 11) is 1.67. The van der Waals surface area contributed by atoms with Crippen molar-refractivity contribution < 1.29 is 4.74 Å². The van der Waals surface area contributed by atoms with Gasteiger partial charge in [-0.3, -0.25) is 0 Å². The molecule has 150 valence electrons. The highest BCUT2D eigenvalue weighted by Crippen LogP contribution is 2.29. The Morgan fingerprint density at radius 3 is 2.34 bits per heavy atom. The molecule has 0 aliphatic carbocycles. The normalized spacial score (nSPS) is 14.0. The van der Waals surface area contributed by atoms with Crippen molar-refractivity contribution in [2.45, 2.75) is 13.8 Å². The van der Waals surface area contributed by atoms with Crippen LogP contribution in [-0.2, 0) is 0 Å². The smallest absolute Gasteiger partial charge is 0.142 e. The molecule has 1 aromatic carbocycles. The number of rotatable bonds is 5. The number of aryl methyl sites for hydroxylation is 2. The summed E-state index contributed by atoms with van der Waals surface area (Å²) in [6.07, 6.45) is 1.84. The van der Waals surface area contributed by atoms with Crippen LogP contribution in [0, 0.1) is 13.8 Å². The maximum Gasteiger partial charge on any atom is 0.142 e. The lowest BCUT2D eigenvalue weighted by atomic mass is 10.2. The lowest BCUT2D eigenvalue weighted by Gasteiger charge is -2.36. The summed E-state index contributed by atoms with van der Waals surface area (Å²) in [4.78, 5) is 18.3. The van der Waals surface area contributed by atoms with Gasteiger partial charge in [0, 0.05) is 38.4 Å². The Kier molecular flexibility index (Phi) is 5.46. The van der Waals surface area contributed by atoms with E-state index in [2.05, 4.69) is 49.1 Å². The van der Waals surface area contributed by atoms with Gasteiger partial charge in [-0.2, -0.15) is 0 Å². The molecule has 0 unspecified atom stereocenters. The van der Waals surface area contributed by atoms with Gasteiger partial charge in [-0.15, -0.1) is 0 Å². The minimum atomic E-state index is 0.740. The number of hydrogen-bond donors (Lipinski definition) is 1. The second kappa shape index (κ2) is 8.34. The SMILES string of the molecule is COc1ccc(C)cc1Nc1cc(N2CCN(c3ccccn3)CC2)nc(C)n1. The summed E-state index contributed by atoms with van der Waals surface area (Å²) >= 11 is 0. The van der Waals surface area contributed by atoms with Gasteiger partial charge in [0.25, 0.3) is 0 Å². The maximum atomic E-state index is 5.48. The largest absolute Gasteiger partial charge is 0.495 e. The third-order valence-electron chi connectivity index (χ3n) is 5.02. The molecule has 0 atom stereocenters. The third kappa shape index (κ3) is 4.39. The van der Waals surface area contributed by atoms with Crippen LogP contribution < -0.4 is 19.9 Å². The highest BCUT2D eigenvalue weighted by atomic mass is 16.5. The fourth-order valence-electron chi connectivity index (χ4n) is 3.54. The van der Waals surface area contributed by atoms with Gasteiger partial charge >= 0.3 is 0 Å². The highest BCUT2D eigenvalue weighted by molar-refractivity contribution is 5.67. The average molecular weight is 390 g/mol. The summed E-state index contributed by atoms with van der Waals surface area (Å²) < 4.78 is 5.48. The Labute approximate surface area is 171 Å². The van der Waals surface area contributed by atoms with E-state index < -0.39 is 0 Å². The van der Waals surface area contributed by atoms with Gasteiger partial charge in [-0.25, -0.2) is 15.0 Å². The third-order valence-corrected chi connectivity index (χ3v) is 5.02. The second-order valence-electron chi connectivity index (χ2n) is 7.15. The molecule has 3 aromatic rings. The van der Waals surface area contributed by atoms with E-state index in [-0.39, 0.29) is 0 Å². The molecule has 1 N–H and O–H groups in total. The highest BCUT2D eigenvalue weighted by Gasteiger charge is 2.20. The molecule has 1 aliphatic heterocycles. The van der Waals surface area contributed by atoms with Crippen molar-refractivity contribution in [2.75, 3.05) is 48.4 Å². The molecule has 0 saturated carbocycles. The van der Waals surface area contributed by atoms with Gasteiger partial charge in [0.1, 0.15) is 29.0 Å². The first-order valence-corrected chi connectivity index (χ1v) is 9.80. The first-order chi connectivity index (χ1) is 14.1. The molecule has 7 heteroatoms. The fourth-order valence-corrected chi connectivity index (χ4v) is 3.54. The molecule has 0 amide bonds. The number of methoxy groups -OCH3 is 1. The van der Waals surface area contributed by atoms with Crippen LogP contribution in [0.5, 0.6) is 5.75 Å². The zero-order valence-electron chi connectivity index (χ0n) is 17.1. The first-order valence-electron chi connectivity index (χ1n) is 9.80. The van der Waals surface area contributed by atoms with E-state index in [1.54, 1.807) is 7.11 Å². The van der Waals surface area contributed by atoms with Crippen LogP contribution in [0.4, 0.5) is 23.1 Å². The number of benzene rings is 1. The predicted octanol–water partition coefficient (Wildman–Crippen LogP) is 3.57. The summed E-state index contributed by atoms with van der Waals surface area (Å²) in [5.41, 5.74) is 2.06. The monoisotopic (exact) mass is 390 g/mol. The van der Waals surface area contributed by atoms with Crippen LogP contribution in [0.25, 0.3) is 0 Å². The van der Waals surface area contributed by atoms with E-state index in [0.29, 0.717) is 0 Å². The maximum absolute atomic E-state index is 5.48. The molecule has 7 nitrogen and oxygen atoms in total. The standard InChI is InChI=1S/C22H26N6O/c1-16-7-8-19(29-3)18(14-16)26-20-15-22(25-17(2)24-20)28-12-10-27(11-13-28)21-6-4-5-9-23-21/h4-9,14-15H,10-13H2,1-3H3,(H,24,25,26). The molecule has 0 bridgehead atoms. The van der Waals surface area contributed by atoms with Gasteiger partial charge in [-0.05, 0) is 43.7 Å². The van der Waals surface area contributed by atoms with Crippen molar-refractivity contribution in [1.82, 2.24) is 15.0 Å². The lowest BCUT2D eigenvalue weighted by Crippen LogP contribution is -2.47. The summed E-state index contributed by atoms with van der Waals surface area (Å²) in [5.74, 6) is 4.26. The summed E-state index contributed by atoms with van der Waals surface area (Å²) in [6.45, 7) is 7.58. The molecule has 1 saturated heterocycles. The van der Waals surface area contributed by atoms with Crippen molar-refractivity contribution in [2.24, 2.45) is 0 Å². The number of piperazine rings is 1. The van der Waals surface area contributed by atoms with Crippen LogP contribution >= 0.6 is 0 Å². The van der Waals surface area contributed by atoms with E-state index in [1.165, 1.54) is 0 Å². The van der Waals surface area contributed by atoms with Crippen molar-refractivity contribution in [3.63, 3.8) is 0 Å². The zero-order valence-corrected chi connectivity index (χ0v) is 17.1. The Balaban J connectivity index is 1.50. The van der Waals surface area contributed by atoms with E-state index >= 15 is 0 Å². The molecule has 0 radical (unpaired) electrons. The van der Waals surface area contributed by atoms with E-state index in [0.717, 1.165) is 66.5 Å². The Morgan fingerprint density at radius 2 is 1.66 bits per heavy atom. The lowest BCUT2D eigenvalue weighted by molar-refractivity contribution is 0.416. The van der Waals surface area contributed by atoms with Crippen LogP contribution in [0.3, 0.4) is 0 Å². The number of ether oxygens (including phenoxy) is 1. The van der Waals surface area contributed by atoms with E-state index in [4.69, 9.17) is 4.74 Å². The molecule has 4 rings (SSSR count). The average Bonchev–Trinajstić information content (AvgIpc) is 2.74. The summed E-state index contributed by atoms with van der Waals surface area (Å²) in [6, 6.07) is 14.1. The molecule has 1 aliphatic rings.